The second-order valence-electron chi connectivity index (χ2n) is 3.72. The molecule has 0 spiro atoms. The highest BCUT2D eigenvalue weighted by molar-refractivity contribution is 6.30. The Morgan fingerprint density at radius 1 is 1.44 bits per heavy atom. The topological polar surface area (TPSA) is 87.0 Å². The summed E-state index contributed by atoms with van der Waals surface area (Å²) in [5.41, 5.74) is 0.108. The molecule has 0 aliphatic carbocycles. The molecule has 1 aromatic carbocycles. The maximum absolute atomic E-state index is 11.2. The number of rotatable bonds is 5. The van der Waals surface area contributed by atoms with E-state index >= 15 is 0 Å². The number of benzene rings is 1. The summed E-state index contributed by atoms with van der Waals surface area (Å²) in [7, 11) is 0. The largest absolute Gasteiger partial charge is 0.508 e. The van der Waals surface area contributed by atoms with E-state index in [9.17, 15) is 20.1 Å². The average molecular weight is 275 g/mol. The molecule has 18 heavy (non-hydrogen) atoms. The molecule has 0 saturated heterocycles. The van der Waals surface area contributed by atoms with E-state index in [4.69, 9.17) is 11.6 Å². The van der Waals surface area contributed by atoms with Gasteiger partial charge in [-0.3, -0.25) is 4.79 Å². The van der Waals surface area contributed by atoms with Crippen LogP contribution in [0.5, 0.6) is 5.75 Å². The van der Waals surface area contributed by atoms with E-state index in [1.807, 2.05) is 0 Å². The number of aromatic hydroxyl groups is 1. The van der Waals surface area contributed by atoms with E-state index in [0.717, 1.165) is 0 Å². The van der Waals surface area contributed by atoms with E-state index < -0.39 is 18.2 Å². The van der Waals surface area contributed by atoms with Gasteiger partial charge in [0.2, 0.25) is 0 Å². The van der Waals surface area contributed by atoms with Crippen molar-refractivity contribution < 1.29 is 24.9 Å². The van der Waals surface area contributed by atoms with Crippen LogP contribution in [0.1, 0.15) is 25.0 Å². The van der Waals surface area contributed by atoms with Crippen LogP contribution in [0.3, 0.4) is 0 Å². The summed E-state index contributed by atoms with van der Waals surface area (Å²) in [6, 6.07) is 4.10. The van der Waals surface area contributed by atoms with Crippen LogP contribution in [-0.2, 0) is 9.53 Å². The molecular formula is C12H15ClO5. The highest BCUT2D eigenvalue weighted by Crippen LogP contribution is 2.30. The molecule has 0 radical (unpaired) electrons. The van der Waals surface area contributed by atoms with Crippen molar-refractivity contribution in [2.45, 2.75) is 25.6 Å². The number of aliphatic hydroxyl groups is 2. The second-order valence-corrected chi connectivity index (χ2v) is 4.16. The Kier molecular flexibility index (Phi) is 5.40. The Morgan fingerprint density at radius 3 is 2.67 bits per heavy atom. The zero-order valence-corrected chi connectivity index (χ0v) is 10.6. The van der Waals surface area contributed by atoms with E-state index in [1.165, 1.54) is 18.2 Å². The van der Waals surface area contributed by atoms with Crippen LogP contribution in [0.2, 0.25) is 5.02 Å². The first-order valence-corrected chi connectivity index (χ1v) is 5.83. The molecule has 0 saturated carbocycles. The summed E-state index contributed by atoms with van der Waals surface area (Å²) in [4.78, 5) is 11.2. The molecule has 0 heterocycles. The number of halogens is 1. The number of carbonyl (C=O) groups is 1. The fourth-order valence-corrected chi connectivity index (χ4v) is 1.64. The van der Waals surface area contributed by atoms with Crippen molar-refractivity contribution >= 4 is 17.6 Å². The summed E-state index contributed by atoms with van der Waals surface area (Å²) < 4.78 is 4.65. The SMILES string of the molecule is CCOC(=O)CC(O)C(O)c1ccc(Cl)cc1O. The smallest absolute Gasteiger partial charge is 0.308 e. The van der Waals surface area contributed by atoms with Crippen LogP contribution >= 0.6 is 11.6 Å². The zero-order valence-electron chi connectivity index (χ0n) is 9.84. The van der Waals surface area contributed by atoms with Gasteiger partial charge in [0.1, 0.15) is 11.9 Å². The molecule has 0 bridgehead atoms. The molecule has 0 amide bonds. The Balaban J connectivity index is 2.73. The maximum Gasteiger partial charge on any atom is 0.308 e. The van der Waals surface area contributed by atoms with Gasteiger partial charge in [-0.25, -0.2) is 0 Å². The van der Waals surface area contributed by atoms with Crippen LogP contribution in [0, 0.1) is 0 Å². The lowest BCUT2D eigenvalue weighted by Crippen LogP contribution is -2.23. The molecule has 3 N–H and O–H groups in total. The van der Waals surface area contributed by atoms with Gasteiger partial charge in [0.25, 0.3) is 0 Å². The van der Waals surface area contributed by atoms with Gasteiger partial charge in [0.05, 0.1) is 19.1 Å². The first-order valence-electron chi connectivity index (χ1n) is 5.45. The van der Waals surface area contributed by atoms with Gasteiger partial charge in [-0.15, -0.1) is 0 Å². The highest BCUT2D eigenvalue weighted by Gasteiger charge is 2.24. The van der Waals surface area contributed by atoms with Crippen molar-refractivity contribution in [3.05, 3.63) is 28.8 Å². The molecule has 1 aromatic rings. The van der Waals surface area contributed by atoms with E-state index in [0.29, 0.717) is 5.02 Å². The third-order valence-corrected chi connectivity index (χ3v) is 2.59. The molecule has 2 unspecified atom stereocenters. The van der Waals surface area contributed by atoms with Gasteiger partial charge in [0.15, 0.2) is 0 Å². The van der Waals surface area contributed by atoms with Gasteiger partial charge in [-0.1, -0.05) is 17.7 Å². The standard InChI is InChI=1S/C12H15ClO5/c1-2-18-11(16)6-10(15)12(17)8-4-3-7(13)5-9(8)14/h3-5,10,12,14-15,17H,2,6H2,1H3. The third-order valence-electron chi connectivity index (χ3n) is 2.36. The summed E-state index contributed by atoms with van der Waals surface area (Å²) in [5.74, 6) is -0.851. The van der Waals surface area contributed by atoms with Gasteiger partial charge in [-0.05, 0) is 19.1 Å². The minimum atomic E-state index is -1.38. The lowest BCUT2D eigenvalue weighted by molar-refractivity contribution is -0.147. The molecule has 0 aromatic heterocycles. The maximum atomic E-state index is 11.2. The van der Waals surface area contributed by atoms with Gasteiger partial charge >= 0.3 is 5.97 Å². The normalized spacial score (nSPS) is 14.0. The van der Waals surface area contributed by atoms with E-state index in [2.05, 4.69) is 4.74 Å². The third kappa shape index (κ3) is 3.87. The molecule has 0 aliphatic heterocycles. The lowest BCUT2D eigenvalue weighted by Gasteiger charge is -2.18. The average Bonchev–Trinajstić information content (AvgIpc) is 2.28. The minimum Gasteiger partial charge on any atom is -0.508 e. The van der Waals surface area contributed by atoms with Crippen LogP contribution in [0.15, 0.2) is 18.2 Å². The van der Waals surface area contributed by atoms with Crippen molar-refractivity contribution in [3.63, 3.8) is 0 Å². The molecule has 100 valence electrons. The zero-order chi connectivity index (χ0) is 13.7. The Morgan fingerprint density at radius 2 is 2.11 bits per heavy atom. The number of aliphatic hydroxyl groups excluding tert-OH is 2. The molecule has 1 rings (SSSR count). The Bertz CT molecular complexity index is 421. The first-order chi connectivity index (χ1) is 8.45. The fraction of sp³-hybridized carbons (Fsp3) is 0.417. The van der Waals surface area contributed by atoms with Crippen LogP contribution in [0.4, 0.5) is 0 Å². The van der Waals surface area contributed by atoms with Gasteiger partial charge < -0.3 is 20.1 Å². The highest BCUT2D eigenvalue weighted by atomic mass is 35.5. The summed E-state index contributed by atoms with van der Waals surface area (Å²) in [6.45, 7) is 1.85. The number of carbonyl (C=O) groups excluding carboxylic acids is 1. The molecule has 5 nitrogen and oxygen atoms in total. The van der Waals surface area contributed by atoms with Gasteiger partial charge in [-0.2, -0.15) is 0 Å². The number of hydrogen-bond acceptors (Lipinski definition) is 5. The number of phenols is 1. The lowest BCUT2D eigenvalue weighted by atomic mass is 10.0. The number of ether oxygens (including phenoxy) is 1. The van der Waals surface area contributed by atoms with Crippen LogP contribution < -0.4 is 0 Å². The predicted octanol–water partition coefficient (Wildman–Crippen LogP) is 1.39. The molecular weight excluding hydrogens is 260 g/mol. The monoisotopic (exact) mass is 274 g/mol. The Hall–Kier alpha value is -1.30. The van der Waals surface area contributed by atoms with Gasteiger partial charge in [0, 0.05) is 10.6 Å². The fourth-order valence-electron chi connectivity index (χ4n) is 1.48. The van der Waals surface area contributed by atoms with Crippen molar-refractivity contribution in [3.8, 4) is 5.75 Å². The molecule has 2 atom stereocenters. The number of hydrogen-bond donors (Lipinski definition) is 3. The van der Waals surface area contributed by atoms with Crippen molar-refractivity contribution in [1.29, 1.82) is 0 Å². The summed E-state index contributed by atoms with van der Waals surface area (Å²) in [6.07, 6.45) is -3.08. The first kappa shape index (κ1) is 14.8. The van der Waals surface area contributed by atoms with Crippen molar-refractivity contribution in [2.75, 3.05) is 6.61 Å². The summed E-state index contributed by atoms with van der Waals surface area (Å²) in [5, 5.41) is 29.4. The predicted molar refractivity (Wildman–Crippen MR) is 65.3 cm³/mol. The van der Waals surface area contributed by atoms with Crippen molar-refractivity contribution in [2.24, 2.45) is 0 Å². The summed E-state index contributed by atoms with van der Waals surface area (Å²) >= 11 is 5.65. The molecule has 6 heteroatoms. The number of esters is 1. The van der Waals surface area contributed by atoms with Crippen LogP contribution in [-0.4, -0.2) is 34.0 Å². The molecule has 0 aliphatic rings. The minimum absolute atomic E-state index is 0.108. The molecule has 0 fully saturated rings. The van der Waals surface area contributed by atoms with Crippen molar-refractivity contribution in [1.82, 2.24) is 0 Å². The quantitative estimate of drug-likeness (QED) is 0.707. The van der Waals surface area contributed by atoms with E-state index in [1.54, 1.807) is 6.92 Å². The van der Waals surface area contributed by atoms with Crippen LogP contribution in [0.25, 0.3) is 0 Å². The Labute approximate surface area is 110 Å². The van der Waals surface area contributed by atoms with E-state index in [-0.39, 0.29) is 24.3 Å². The number of phenolic OH excluding ortho intramolecular Hbond substituents is 1. The second kappa shape index (κ2) is 6.58.